The van der Waals surface area contributed by atoms with E-state index in [0.29, 0.717) is 6.42 Å². The Kier molecular flexibility index (Phi) is 10.7. The molecule has 0 unspecified atom stereocenters. The Bertz CT molecular complexity index is 1470. The van der Waals surface area contributed by atoms with Crippen molar-refractivity contribution < 1.29 is 59.8 Å². The lowest BCUT2D eigenvalue weighted by molar-refractivity contribution is -0.367. The third kappa shape index (κ3) is 5.98. The van der Waals surface area contributed by atoms with Gasteiger partial charge in [0.25, 0.3) is 0 Å². The summed E-state index contributed by atoms with van der Waals surface area (Å²) in [6.45, 7) is 15.2. The molecule has 12 nitrogen and oxygen atoms in total. The van der Waals surface area contributed by atoms with Crippen molar-refractivity contribution in [3.05, 3.63) is 23.3 Å². The van der Waals surface area contributed by atoms with Crippen LogP contribution < -0.4 is 0 Å². The smallest absolute Gasteiger partial charge is 0.187 e. The molecule has 0 aromatic carbocycles. The quantitative estimate of drug-likeness (QED) is 0.177. The average molecular weight is 765 g/mol. The maximum absolute atomic E-state index is 11.6. The van der Waals surface area contributed by atoms with E-state index in [0.717, 1.165) is 51.4 Å². The van der Waals surface area contributed by atoms with Gasteiger partial charge in [-0.2, -0.15) is 0 Å². The molecule has 0 aromatic heterocycles. The van der Waals surface area contributed by atoms with Crippen molar-refractivity contribution in [2.24, 2.45) is 44.3 Å². The normalized spacial score (nSPS) is 54.3. The van der Waals surface area contributed by atoms with E-state index in [-0.39, 0.29) is 52.1 Å². The first kappa shape index (κ1) is 41.2. The number of hydrogen-bond donors (Lipinski definition) is 8. The summed E-state index contributed by atoms with van der Waals surface area (Å²) in [6.07, 6.45) is -1.17. The van der Waals surface area contributed by atoms with Crippen LogP contribution >= 0.6 is 0 Å². The third-order valence-electron chi connectivity index (χ3n) is 16.8. The van der Waals surface area contributed by atoms with Gasteiger partial charge in [-0.15, -0.1) is 0 Å². The predicted molar refractivity (Wildman–Crippen MR) is 197 cm³/mol. The molecule has 308 valence electrons. The number of allylic oxidation sites excluding steroid dienone is 3. The molecule has 3 saturated carbocycles. The molecule has 0 amide bonds. The van der Waals surface area contributed by atoms with Crippen molar-refractivity contribution in [3.63, 3.8) is 0 Å². The first-order valence-electron chi connectivity index (χ1n) is 20.5. The summed E-state index contributed by atoms with van der Waals surface area (Å²) in [5.74, 6) is 0.346. The summed E-state index contributed by atoms with van der Waals surface area (Å²) in [5, 5.41) is 85.6. The van der Waals surface area contributed by atoms with Crippen LogP contribution in [-0.4, -0.2) is 128 Å². The topological polar surface area (TPSA) is 199 Å². The van der Waals surface area contributed by atoms with E-state index in [4.69, 9.17) is 18.9 Å². The molecule has 0 bridgehead atoms. The maximum atomic E-state index is 11.6. The minimum atomic E-state index is -1.71. The second-order valence-corrected chi connectivity index (χ2v) is 20.2. The highest BCUT2D eigenvalue weighted by atomic mass is 16.7. The van der Waals surface area contributed by atoms with Gasteiger partial charge < -0.3 is 59.8 Å². The molecule has 2 heterocycles. The van der Waals surface area contributed by atoms with Crippen LogP contribution in [-0.2, 0) is 18.9 Å². The second-order valence-electron chi connectivity index (χ2n) is 20.2. The molecule has 2 saturated heterocycles. The third-order valence-corrected chi connectivity index (χ3v) is 16.8. The van der Waals surface area contributed by atoms with Gasteiger partial charge in [-0.3, -0.25) is 0 Å². The van der Waals surface area contributed by atoms with Gasteiger partial charge in [-0.05, 0) is 104 Å². The zero-order valence-corrected chi connectivity index (χ0v) is 33.4. The van der Waals surface area contributed by atoms with E-state index in [9.17, 15) is 40.9 Å². The number of aliphatic hydroxyl groups is 8. The van der Waals surface area contributed by atoms with Crippen LogP contribution in [0, 0.1) is 44.3 Å². The molecule has 7 aliphatic rings. The Hall–Kier alpha value is -1.00. The highest BCUT2D eigenvalue weighted by molar-refractivity contribution is 5.46. The Balaban J connectivity index is 1.14. The molecular weight excluding hydrogens is 696 g/mol. The van der Waals surface area contributed by atoms with Gasteiger partial charge in [0.15, 0.2) is 12.6 Å². The lowest BCUT2D eigenvalue weighted by Crippen LogP contribution is -2.66. The van der Waals surface area contributed by atoms with E-state index >= 15 is 0 Å². The molecule has 0 aromatic rings. The van der Waals surface area contributed by atoms with Crippen molar-refractivity contribution in [2.75, 3.05) is 19.8 Å². The summed E-state index contributed by atoms with van der Waals surface area (Å²) in [7, 11) is 0. The lowest BCUT2D eigenvalue weighted by Gasteiger charge is -2.70. The predicted octanol–water partition coefficient (Wildman–Crippen LogP) is 2.71. The molecule has 7 rings (SSSR count). The highest BCUT2D eigenvalue weighted by Crippen LogP contribution is 2.74. The summed E-state index contributed by atoms with van der Waals surface area (Å²) in [6, 6.07) is 0. The summed E-state index contributed by atoms with van der Waals surface area (Å²) < 4.78 is 24.1. The fraction of sp³-hybridized carbons (Fsp3) is 0.905. The van der Waals surface area contributed by atoms with Crippen molar-refractivity contribution in [1.29, 1.82) is 0 Å². The van der Waals surface area contributed by atoms with E-state index in [2.05, 4.69) is 53.7 Å². The minimum absolute atomic E-state index is 0.0220. The van der Waals surface area contributed by atoms with Gasteiger partial charge in [0.05, 0.1) is 32.0 Å². The van der Waals surface area contributed by atoms with E-state index < -0.39 is 79.5 Å². The van der Waals surface area contributed by atoms with Gasteiger partial charge in [0.1, 0.15) is 42.7 Å². The van der Waals surface area contributed by atoms with Crippen LogP contribution in [0.15, 0.2) is 23.3 Å². The van der Waals surface area contributed by atoms with Crippen LogP contribution in [0.2, 0.25) is 0 Å². The molecule has 5 fully saturated rings. The number of aliphatic hydroxyl groups excluding tert-OH is 8. The van der Waals surface area contributed by atoms with Gasteiger partial charge in [-0.25, -0.2) is 0 Å². The first-order valence-corrected chi connectivity index (χ1v) is 20.5. The highest BCUT2D eigenvalue weighted by Gasteiger charge is 2.68. The molecule has 5 aliphatic carbocycles. The van der Waals surface area contributed by atoms with Crippen molar-refractivity contribution in [1.82, 2.24) is 0 Å². The second kappa shape index (κ2) is 14.1. The zero-order valence-electron chi connectivity index (χ0n) is 33.4. The Morgan fingerprint density at radius 1 is 0.722 bits per heavy atom. The molecule has 2 aliphatic heterocycles. The monoisotopic (exact) mass is 764 g/mol. The number of fused-ring (bicyclic) bond motifs is 6. The molecule has 18 atom stereocenters. The fourth-order valence-electron chi connectivity index (χ4n) is 13.0. The van der Waals surface area contributed by atoms with Crippen LogP contribution in [0.5, 0.6) is 0 Å². The zero-order chi connectivity index (χ0) is 39.4. The van der Waals surface area contributed by atoms with Crippen LogP contribution in [0.3, 0.4) is 0 Å². The molecule has 0 spiro atoms. The Morgan fingerprint density at radius 2 is 1.41 bits per heavy atom. The number of ether oxygens (including phenoxy) is 4. The standard InChI is InChI=1S/C42H68O12/c1-22-29(46)34(54-35-32(49)31(48)30(47)25(19-43)52-35)33(50)36(51-22)53-28-11-12-38(4)26(39(28,5)20-44)10-13-41(7)27(38)9-8-23-24-18-37(2,3)14-16-42(24,21-45)17-15-40(23,41)6/h8-9,22,25-36,43-50H,10-21H2,1-7H3/t22-,25-,26-,27-,28+,29+,30-,31+,32-,33-,34+,35+,36+,38+,39+,40-,41-,42-/m1/s1. The maximum Gasteiger partial charge on any atom is 0.187 e. The van der Waals surface area contributed by atoms with Crippen molar-refractivity contribution in [2.45, 2.75) is 174 Å². The minimum Gasteiger partial charge on any atom is -0.396 e. The van der Waals surface area contributed by atoms with Gasteiger partial charge in [0.2, 0.25) is 0 Å². The number of hydrogen-bond acceptors (Lipinski definition) is 12. The molecule has 0 radical (unpaired) electrons. The summed E-state index contributed by atoms with van der Waals surface area (Å²) >= 11 is 0. The van der Waals surface area contributed by atoms with Gasteiger partial charge in [0, 0.05) is 10.8 Å². The first-order chi connectivity index (χ1) is 25.3. The van der Waals surface area contributed by atoms with Gasteiger partial charge >= 0.3 is 0 Å². The van der Waals surface area contributed by atoms with Crippen molar-refractivity contribution in [3.8, 4) is 0 Å². The molecule has 8 N–H and O–H groups in total. The number of rotatable bonds is 7. The summed E-state index contributed by atoms with van der Waals surface area (Å²) in [5.41, 5.74) is 2.11. The van der Waals surface area contributed by atoms with E-state index in [1.54, 1.807) is 6.92 Å². The SMILES string of the molecule is C[C@H]1O[C@@H](O[C@H]2CC[C@@]3(C)[C@@H](CC[C@]4(C)[C@@H]3C=CC3=C5CC(C)(C)CC[C@]5(CO)CC[C@]34C)[C@]2(C)CO)[C@H](O)[C@@H](O[C@@H]2O[C@H](CO)[C@@H](O)[C@H](O)[C@H]2O)[C@H]1O. The Labute approximate surface area is 320 Å². The fourth-order valence-corrected chi connectivity index (χ4v) is 13.0. The summed E-state index contributed by atoms with van der Waals surface area (Å²) in [4.78, 5) is 0. The largest absolute Gasteiger partial charge is 0.396 e. The van der Waals surface area contributed by atoms with Crippen LogP contribution in [0.4, 0.5) is 0 Å². The van der Waals surface area contributed by atoms with E-state index in [1.165, 1.54) is 11.1 Å². The van der Waals surface area contributed by atoms with Gasteiger partial charge in [-0.1, -0.05) is 59.3 Å². The van der Waals surface area contributed by atoms with E-state index in [1.807, 2.05) is 0 Å². The van der Waals surface area contributed by atoms with Crippen molar-refractivity contribution >= 4 is 0 Å². The lowest BCUT2D eigenvalue weighted by atomic mass is 9.35. The van der Waals surface area contributed by atoms with Crippen LogP contribution in [0.1, 0.15) is 106 Å². The molecule has 12 heteroatoms. The van der Waals surface area contributed by atoms with Crippen LogP contribution in [0.25, 0.3) is 0 Å². The molecule has 54 heavy (non-hydrogen) atoms. The Morgan fingerprint density at radius 3 is 2.07 bits per heavy atom. The molecular formula is C42H68O12. The average Bonchev–Trinajstić information content (AvgIpc) is 3.13.